The lowest BCUT2D eigenvalue weighted by atomic mass is 9.95. The fourth-order valence-corrected chi connectivity index (χ4v) is 7.06. The number of carbonyl (C=O) groups excluding carboxylic acids is 1. The minimum absolute atomic E-state index is 0.106. The Morgan fingerprint density at radius 3 is 2.46 bits per heavy atom. The number of anilines is 1. The van der Waals surface area contributed by atoms with Crippen molar-refractivity contribution in [3.05, 3.63) is 108 Å². The number of nitrogens with one attached hydrogen (secondary N) is 1. The van der Waals surface area contributed by atoms with Crippen LogP contribution in [0.3, 0.4) is 0 Å². The molecule has 37 heavy (non-hydrogen) atoms. The fourth-order valence-electron chi connectivity index (χ4n) is 4.25. The Hall–Kier alpha value is -2.45. The summed E-state index contributed by atoms with van der Waals surface area (Å²) in [6.07, 6.45) is 5.95. The zero-order chi connectivity index (χ0) is 25.8. The molecular formula is C29H23Br2ClN2O2S. The van der Waals surface area contributed by atoms with Crippen molar-refractivity contribution in [2.45, 2.75) is 32.3 Å². The summed E-state index contributed by atoms with van der Waals surface area (Å²) in [4.78, 5) is 19.4. The van der Waals surface area contributed by atoms with E-state index in [9.17, 15) is 4.79 Å². The van der Waals surface area contributed by atoms with Gasteiger partial charge in [0.1, 0.15) is 17.4 Å². The van der Waals surface area contributed by atoms with Gasteiger partial charge in [0, 0.05) is 21.8 Å². The van der Waals surface area contributed by atoms with Crippen molar-refractivity contribution >= 4 is 77.6 Å². The maximum Gasteiger partial charge on any atom is 0.259 e. The summed E-state index contributed by atoms with van der Waals surface area (Å²) in [5.74, 6) is 0.604. The molecule has 0 bridgehead atoms. The number of aliphatic imine (C=N–C) groups is 1. The van der Waals surface area contributed by atoms with E-state index in [1.165, 1.54) is 4.88 Å². The molecule has 0 spiro atoms. The number of ether oxygens (including phenoxy) is 1. The molecule has 0 atom stereocenters. The molecule has 1 heterocycles. The lowest BCUT2D eigenvalue weighted by molar-refractivity contribution is 0.102. The third-order valence-corrected chi connectivity index (χ3v) is 8.69. The quantitative estimate of drug-likeness (QED) is 0.201. The average molecular weight is 659 g/mol. The third-order valence-electron chi connectivity index (χ3n) is 6.06. The number of nitrogens with zero attached hydrogens (tertiary/aromatic N) is 1. The molecule has 0 saturated heterocycles. The first-order valence-electron chi connectivity index (χ1n) is 11.9. The Labute approximate surface area is 242 Å². The van der Waals surface area contributed by atoms with E-state index >= 15 is 0 Å². The van der Waals surface area contributed by atoms with Gasteiger partial charge in [-0.3, -0.25) is 4.79 Å². The van der Waals surface area contributed by atoms with Crippen LogP contribution in [0.25, 0.3) is 0 Å². The van der Waals surface area contributed by atoms with Gasteiger partial charge in [0.05, 0.1) is 14.5 Å². The summed E-state index contributed by atoms with van der Waals surface area (Å²) in [7, 11) is 0. The fraction of sp³-hybridized carbons (Fsp3) is 0.172. The average Bonchev–Trinajstić information content (AvgIpc) is 3.27. The highest BCUT2D eigenvalue weighted by atomic mass is 79.9. The minimum Gasteiger partial charge on any atom is -0.487 e. The smallest absolute Gasteiger partial charge is 0.259 e. The zero-order valence-electron chi connectivity index (χ0n) is 19.8. The standard InChI is InChI=1S/C29H23Br2ClN2O2S/c30-23-14-19(15-24(31)27(23)36-17-18-10-12-20(32)13-11-18)16-33-29-26(22-8-4-5-9-25(22)37-29)28(35)34-21-6-2-1-3-7-21/h1-3,6-7,10-16H,4-5,8-9,17H2,(H,34,35). The molecule has 4 aromatic rings. The van der Waals surface area contributed by atoms with Crippen molar-refractivity contribution < 1.29 is 9.53 Å². The molecule has 8 heteroatoms. The van der Waals surface area contributed by atoms with E-state index in [2.05, 4.69) is 37.2 Å². The highest BCUT2D eigenvalue weighted by Gasteiger charge is 2.25. The van der Waals surface area contributed by atoms with E-state index in [0.29, 0.717) is 22.9 Å². The SMILES string of the molecule is O=C(Nc1ccccc1)c1c(N=Cc2cc(Br)c(OCc3ccc(Cl)cc3)c(Br)c2)sc2c1CCCC2. The predicted molar refractivity (Wildman–Crippen MR) is 160 cm³/mol. The van der Waals surface area contributed by atoms with E-state index < -0.39 is 0 Å². The van der Waals surface area contributed by atoms with Gasteiger partial charge in [-0.1, -0.05) is 41.9 Å². The van der Waals surface area contributed by atoms with Gasteiger partial charge in [0.15, 0.2) is 0 Å². The van der Waals surface area contributed by atoms with Crippen LogP contribution in [-0.4, -0.2) is 12.1 Å². The van der Waals surface area contributed by atoms with E-state index in [1.54, 1.807) is 17.6 Å². The maximum absolute atomic E-state index is 13.3. The number of aryl methyl sites for hydroxylation is 1. The zero-order valence-corrected chi connectivity index (χ0v) is 24.5. The van der Waals surface area contributed by atoms with Crippen LogP contribution in [0.1, 0.15) is 44.8 Å². The van der Waals surface area contributed by atoms with Crippen molar-refractivity contribution in [2.75, 3.05) is 5.32 Å². The number of para-hydroxylation sites is 1. The number of rotatable bonds is 7. The number of hydrogen-bond acceptors (Lipinski definition) is 4. The molecule has 0 saturated carbocycles. The van der Waals surface area contributed by atoms with E-state index in [1.807, 2.05) is 66.7 Å². The molecule has 0 radical (unpaired) electrons. The van der Waals surface area contributed by atoms with Crippen LogP contribution in [0.2, 0.25) is 5.02 Å². The van der Waals surface area contributed by atoms with Crippen molar-refractivity contribution in [3.63, 3.8) is 0 Å². The van der Waals surface area contributed by atoms with Gasteiger partial charge < -0.3 is 10.1 Å². The lowest BCUT2D eigenvalue weighted by Crippen LogP contribution is -2.14. The van der Waals surface area contributed by atoms with E-state index in [-0.39, 0.29) is 5.91 Å². The number of halogens is 3. The normalized spacial score (nSPS) is 12.9. The van der Waals surface area contributed by atoms with E-state index in [0.717, 1.165) is 62.0 Å². The molecule has 1 N–H and O–H groups in total. The molecule has 1 amide bonds. The third kappa shape index (κ3) is 6.34. The largest absolute Gasteiger partial charge is 0.487 e. The van der Waals surface area contributed by atoms with Crippen LogP contribution < -0.4 is 10.1 Å². The Kier molecular flexibility index (Phi) is 8.45. The molecule has 0 fully saturated rings. The van der Waals surface area contributed by atoms with E-state index in [4.69, 9.17) is 21.3 Å². The second kappa shape index (κ2) is 11.9. The van der Waals surface area contributed by atoms with Crippen LogP contribution in [0.15, 0.2) is 80.7 Å². The first-order chi connectivity index (χ1) is 18.0. The van der Waals surface area contributed by atoms with Gasteiger partial charge in [-0.15, -0.1) is 11.3 Å². The number of thiophene rings is 1. The Morgan fingerprint density at radius 1 is 1.03 bits per heavy atom. The van der Waals surface area contributed by atoms with Gasteiger partial charge >= 0.3 is 0 Å². The maximum atomic E-state index is 13.3. The summed E-state index contributed by atoms with van der Waals surface area (Å²) < 4.78 is 7.66. The molecule has 4 nitrogen and oxygen atoms in total. The summed E-state index contributed by atoms with van der Waals surface area (Å²) in [6.45, 7) is 0.419. The van der Waals surface area contributed by atoms with Gasteiger partial charge in [-0.2, -0.15) is 0 Å². The highest BCUT2D eigenvalue weighted by molar-refractivity contribution is 9.11. The number of fused-ring (bicyclic) bond motifs is 1. The Bertz CT molecular complexity index is 1430. The van der Waals surface area contributed by atoms with Crippen LogP contribution >= 0.6 is 54.8 Å². The molecule has 5 rings (SSSR count). The summed E-state index contributed by atoms with van der Waals surface area (Å²) in [5, 5.41) is 4.49. The molecule has 1 aromatic heterocycles. The van der Waals surface area contributed by atoms with Crippen molar-refractivity contribution in [2.24, 2.45) is 4.99 Å². The summed E-state index contributed by atoms with van der Waals surface area (Å²) in [5.41, 5.74) is 4.53. The minimum atomic E-state index is -0.106. The number of hydrogen-bond donors (Lipinski definition) is 1. The molecular weight excluding hydrogens is 636 g/mol. The van der Waals surface area contributed by atoms with Gasteiger partial charge in [0.25, 0.3) is 5.91 Å². The summed E-state index contributed by atoms with van der Waals surface area (Å²) >= 11 is 14.9. The molecule has 1 aliphatic rings. The molecule has 1 aliphatic carbocycles. The topological polar surface area (TPSA) is 50.7 Å². The van der Waals surface area contributed by atoms with Gasteiger partial charge in [-0.05, 0) is 111 Å². The molecule has 3 aromatic carbocycles. The monoisotopic (exact) mass is 656 g/mol. The van der Waals surface area contributed by atoms with Crippen molar-refractivity contribution in [1.29, 1.82) is 0 Å². The van der Waals surface area contributed by atoms with Crippen LogP contribution in [0, 0.1) is 0 Å². The molecule has 188 valence electrons. The van der Waals surface area contributed by atoms with Crippen LogP contribution in [0.5, 0.6) is 5.75 Å². The van der Waals surface area contributed by atoms with Crippen molar-refractivity contribution in [3.8, 4) is 5.75 Å². The van der Waals surface area contributed by atoms with Crippen LogP contribution in [0.4, 0.5) is 10.7 Å². The number of benzene rings is 3. The number of carbonyl (C=O) groups is 1. The lowest BCUT2D eigenvalue weighted by Gasteiger charge is -2.13. The van der Waals surface area contributed by atoms with Gasteiger partial charge in [-0.25, -0.2) is 4.99 Å². The Balaban J connectivity index is 1.38. The first-order valence-corrected chi connectivity index (χ1v) is 14.7. The highest BCUT2D eigenvalue weighted by Crippen LogP contribution is 2.41. The molecule has 0 aliphatic heterocycles. The van der Waals surface area contributed by atoms with Gasteiger partial charge in [0.2, 0.25) is 0 Å². The summed E-state index contributed by atoms with van der Waals surface area (Å²) in [6, 6.07) is 21.0. The first kappa shape index (κ1) is 26.2. The Morgan fingerprint density at radius 2 is 1.73 bits per heavy atom. The number of amides is 1. The second-order valence-corrected chi connectivity index (χ2v) is 11.9. The second-order valence-electron chi connectivity index (χ2n) is 8.70. The molecule has 0 unspecified atom stereocenters. The van der Waals surface area contributed by atoms with Crippen LogP contribution in [-0.2, 0) is 19.4 Å². The van der Waals surface area contributed by atoms with Crippen molar-refractivity contribution in [1.82, 2.24) is 0 Å². The predicted octanol–water partition coefficient (Wildman–Crippen LogP) is 9.39.